The minimum Gasteiger partial charge on any atom is -0.508 e. The number of rotatable bonds is 3. The van der Waals surface area contributed by atoms with E-state index in [0.29, 0.717) is 12.3 Å². The highest BCUT2D eigenvalue weighted by molar-refractivity contribution is 5.72. The summed E-state index contributed by atoms with van der Waals surface area (Å²) < 4.78 is 0. The number of aromatic hydroxyl groups is 1. The Hall–Kier alpha value is -1.71. The van der Waals surface area contributed by atoms with Crippen molar-refractivity contribution < 1.29 is 9.90 Å². The normalized spacial score (nSPS) is 21.8. The molecule has 2 rings (SSSR count). The Kier molecular flexibility index (Phi) is 2.96. The Labute approximate surface area is 101 Å². The van der Waals surface area contributed by atoms with E-state index in [-0.39, 0.29) is 11.3 Å². The highest BCUT2D eigenvalue weighted by Gasteiger charge is 2.34. The van der Waals surface area contributed by atoms with Crippen molar-refractivity contribution in [3.05, 3.63) is 23.8 Å². The van der Waals surface area contributed by atoms with Crippen LogP contribution >= 0.6 is 0 Å². The minimum atomic E-state index is -0.0312. The third kappa shape index (κ3) is 2.35. The molecule has 0 bridgehead atoms. The van der Waals surface area contributed by atoms with Crippen molar-refractivity contribution in [3.8, 4) is 5.75 Å². The van der Waals surface area contributed by atoms with Crippen LogP contribution in [0.1, 0.15) is 25.8 Å². The molecule has 1 aliphatic rings. The molecule has 0 aromatic heterocycles. The fourth-order valence-corrected chi connectivity index (χ4v) is 2.31. The van der Waals surface area contributed by atoms with Crippen LogP contribution in [0.2, 0.25) is 0 Å². The summed E-state index contributed by atoms with van der Waals surface area (Å²) in [4.78, 5) is 10.9. The summed E-state index contributed by atoms with van der Waals surface area (Å²) in [6, 6.07) is 5.39. The van der Waals surface area contributed by atoms with Crippen molar-refractivity contribution in [1.82, 2.24) is 5.32 Å². The Balaban J connectivity index is 2.13. The van der Waals surface area contributed by atoms with Gasteiger partial charge < -0.3 is 15.7 Å². The molecular formula is C13H18N2O2. The lowest BCUT2D eigenvalue weighted by Gasteiger charge is -2.24. The maximum absolute atomic E-state index is 10.9. The molecule has 3 N–H and O–H groups in total. The molecule has 4 nitrogen and oxygen atoms in total. The first-order valence-corrected chi connectivity index (χ1v) is 5.83. The van der Waals surface area contributed by atoms with Gasteiger partial charge in [-0.25, -0.2) is 0 Å². The number of phenols is 1. The van der Waals surface area contributed by atoms with Crippen LogP contribution in [-0.4, -0.2) is 24.1 Å². The molecule has 1 heterocycles. The molecule has 1 atom stereocenters. The minimum absolute atomic E-state index is 0.00399. The highest BCUT2D eigenvalue weighted by Crippen LogP contribution is 2.40. The second-order valence-electron chi connectivity index (χ2n) is 4.88. The van der Waals surface area contributed by atoms with Gasteiger partial charge in [0.1, 0.15) is 5.75 Å². The Bertz CT molecular complexity index is 445. The summed E-state index contributed by atoms with van der Waals surface area (Å²) in [5, 5.41) is 15.7. The van der Waals surface area contributed by atoms with Crippen molar-refractivity contribution in [1.29, 1.82) is 0 Å². The number of hydrogen-bond acceptors (Lipinski definition) is 3. The van der Waals surface area contributed by atoms with E-state index in [0.717, 1.165) is 24.2 Å². The number of fused-ring (bicyclic) bond motifs is 1. The zero-order valence-electron chi connectivity index (χ0n) is 10.2. The smallest absolute Gasteiger partial charge is 0.216 e. The van der Waals surface area contributed by atoms with E-state index in [1.54, 1.807) is 6.07 Å². The lowest BCUT2D eigenvalue weighted by atomic mass is 9.81. The van der Waals surface area contributed by atoms with E-state index in [1.807, 2.05) is 12.1 Å². The van der Waals surface area contributed by atoms with Crippen molar-refractivity contribution in [2.75, 3.05) is 18.4 Å². The average Bonchev–Trinajstić information content (AvgIpc) is 2.56. The SMILES string of the molecule is CC(=O)NCCC1(C)CNc2ccc(O)cc21. The molecule has 0 saturated heterocycles. The Morgan fingerprint density at radius 1 is 1.59 bits per heavy atom. The summed E-state index contributed by atoms with van der Waals surface area (Å²) in [6.45, 7) is 5.16. The van der Waals surface area contributed by atoms with Gasteiger partial charge in [-0.2, -0.15) is 0 Å². The van der Waals surface area contributed by atoms with Crippen molar-refractivity contribution in [3.63, 3.8) is 0 Å². The molecule has 4 heteroatoms. The van der Waals surface area contributed by atoms with Crippen LogP contribution in [0.25, 0.3) is 0 Å². The van der Waals surface area contributed by atoms with E-state index in [1.165, 1.54) is 6.92 Å². The number of hydrogen-bond donors (Lipinski definition) is 3. The van der Waals surface area contributed by atoms with Crippen molar-refractivity contribution in [2.45, 2.75) is 25.7 Å². The van der Waals surface area contributed by atoms with Gasteiger partial charge in [0.2, 0.25) is 5.91 Å². The number of carbonyl (C=O) groups is 1. The predicted molar refractivity (Wildman–Crippen MR) is 67.2 cm³/mol. The van der Waals surface area contributed by atoms with Gasteiger partial charge in [0, 0.05) is 31.1 Å². The zero-order chi connectivity index (χ0) is 12.5. The molecule has 1 unspecified atom stereocenters. The summed E-state index contributed by atoms with van der Waals surface area (Å²) in [7, 11) is 0. The lowest BCUT2D eigenvalue weighted by Crippen LogP contribution is -2.31. The highest BCUT2D eigenvalue weighted by atomic mass is 16.3. The van der Waals surface area contributed by atoms with Crippen LogP contribution in [-0.2, 0) is 10.2 Å². The van der Waals surface area contributed by atoms with Crippen LogP contribution in [0.3, 0.4) is 0 Å². The van der Waals surface area contributed by atoms with Gasteiger partial charge in [0.05, 0.1) is 0 Å². The van der Waals surface area contributed by atoms with Crippen molar-refractivity contribution in [2.24, 2.45) is 0 Å². The van der Waals surface area contributed by atoms with Gasteiger partial charge >= 0.3 is 0 Å². The number of carbonyl (C=O) groups excluding carboxylic acids is 1. The second-order valence-corrected chi connectivity index (χ2v) is 4.88. The number of benzene rings is 1. The largest absolute Gasteiger partial charge is 0.508 e. The maximum atomic E-state index is 10.9. The molecule has 0 radical (unpaired) electrons. The Morgan fingerprint density at radius 2 is 2.35 bits per heavy atom. The summed E-state index contributed by atoms with van der Waals surface area (Å²) >= 11 is 0. The molecule has 0 fully saturated rings. The molecule has 1 amide bonds. The monoisotopic (exact) mass is 234 g/mol. The molecule has 1 aromatic rings. The van der Waals surface area contributed by atoms with Gasteiger partial charge in [0.15, 0.2) is 0 Å². The van der Waals surface area contributed by atoms with E-state index in [4.69, 9.17) is 0 Å². The number of nitrogens with one attached hydrogen (secondary N) is 2. The first-order chi connectivity index (χ1) is 8.01. The molecule has 17 heavy (non-hydrogen) atoms. The summed E-state index contributed by atoms with van der Waals surface area (Å²) in [5.41, 5.74) is 2.17. The molecule has 0 aliphatic carbocycles. The predicted octanol–water partition coefficient (Wildman–Crippen LogP) is 1.60. The molecule has 1 aromatic carbocycles. The van der Waals surface area contributed by atoms with Crippen LogP contribution in [0.5, 0.6) is 5.75 Å². The Morgan fingerprint density at radius 3 is 3.06 bits per heavy atom. The second kappa shape index (κ2) is 4.28. The molecular weight excluding hydrogens is 216 g/mol. The summed E-state index contributed by atoms with van der Waals surface area (Å²) in [6.07, 6.45) is 0.857. The third-order valence-electron chi connectivity index (χ3n) is 3.37. The van der Waals surface area contributed by atoms with E-state index in [9.17, 15) is 9.90 Å². The average molecular weight is 234 g/mol. The standard InChI is InChI=1S/C13H18N2O2/c1-9(16)14-6-5-13(2)8-15-12-4-3-10(17)7-11(12)13/h3-4,7,15,17H,5-6,8H2,1-2H3,(H,14,16). The third-order valence-corrected chi connectivity index (χ3v) is 3.37. The lowest BCUT2D eigenvalue weighted by molar-refractivity contribution is -0.119. The van der Waals surface area contributed by atoms with Gasteiger partial charge in [-0.1, -0.05) is 6.92 Å². The topological polar surface area (TPSA) is 61.4 Å². The van der Waals surface area contributed by atoms with E-state index in [2.05, 4.69) is 17.6 Å². The van der Waals surface area contributed by atoms with Gasteiger partial charge in [0.25, 0.3) is 0 Å². The van der Waals surface area contributed by atoms with Gasteiger partial charge in [-0.3, -0.25) is 4.79 Å². The first-order valence-electron chi connectivity index (χ1n) is 5.83. The quantitative estimate of drug-likeness (QED) is 0.696. The zero-order valence-corrected chi connectivity index (χ0v) is 10.2. The maximum Gasteiger partial charge on any atom is 0.216 e. The van der Waals surface area contributed by atoms with E-state index < -0.39 is 0 Å². The molecule has 1 aliphatic heterocycles. The van der Waals surface area contributed by atoms with Crippen LogP contribution < -0.4 is 10.6 Å². The van der Waals surface area contributed by atoms with Crippen LogP contribution in [0.15, 0.2) is 18.2 Å². The summed E-state index contributed by atoms with van der Waals surface area (Å²) in [5.74, 6) is 0.286. The van der Waals surface area contributed by atoms with Gasteiger partial charge in [-0.15, -0.1) is 0 Å². The fraction of sp³-hybridized carbons (Fsp3) is 0.462. The number of anilines is 1. The van der Waals surface area contributed by atoms with E-state index >= 15 is 0 Å². The first kappa shape index (κ1) is 11.8. The number of amides is 1. The van der Waals surface area contributed by atoms with Crippen LogP contribution in [0.4, 0.5) is 5.69 Å². The molecule has 0 saturated carbocycles. The molecule has 92 valence electrons. The van der Waals surface area contributed by atoms with Crippen molar-refractivity contribution >= 4 is 11.6 Å². The fourth-order valence-electron chi connectivity index (χ4n) is 2.31. The van der Waals surface area contributed by atoms with Crippen LogP contribution in [0, 0.1) is 0 Å². The number of phenolic OH excluding ortho intramolecular Hbond substituents is 1. The van der Waals surface area contributed by atoms with Gasteiger partial charge in [-0.05, 0) is 30.2 Å². The molecule has 0 spiro atoms.